The summed E-state index contributed by atoms with van der Waals surface area (Å²) >= 11 is 0. The number of carbonyl (C=O) groups is 2. The van der Waals surface area contributed by atoms with Crippen LogP contribution in [0.4, 0.5) is 52.0 Å². The van der Waals surface area contributed by atoms with Crippen molar-refractivity contribution in [2.75, 3.05) is 29.6 Å². The second-order valence-corrected chi connectivity index (χ2v) is 13.0. The van der Waals surface area contributed by atoms with Gasteiger partial charge < -0.3 is 30.9 Å². The van der Waals surface area contributed by atoms with E-state index in [1.54, 1.807) is 30.3 Å². The molecule has 57 heavy (non-hydrogen) atoms. The number of nitrogens with one attached hydrogen (secondary N) is 3. The van der Waals surface area contributed by atoms with Gasteiger partial charge >= 0.3 is 22.5 Å². The van der Waals surface area contributed by atoms with E-state index in [0.717, 1.165) is 11.6 Å². The molecule has 0 amide bonds. The largest absolute Gasteiger partial charge is 0.494 e. The Kier molecular flexibility index (Phi) is 14.4. The Bertz CT molecular complexity index is 2550. The second-order valence-electron chi connectivity index (χ2n) is 11.1. The number of nitrogens with zero attached hydrogens (tertiary/aromatic N) is 7. The Morgan fingerprint density at radius 2 is 1.26 bits per heavy atom. The smallest absolute Gasteiger partial charge is 0.425 e. The highest BCUT2D eigenvalue weighted by Gasteiger charge is 2.14. The zero-order valence-corrected chi connectivity index (χ0v) is 31.6. The van der Waals surface area contributed by atoms with Crippen LogP contribution in [-0.2, 0) is 27.1 Å². The summed E-state index contributed by atoms with van der Waals surface area (Å²) in [7, 11) is -6.06. The van der Waals surface area contributed by atoms with Gasteiger partial charge in [0.05, 0.1) is 40.2 Å². The lowest BCUT2D eigenvalue weighted by Gasteiger charge is -2.13. The average Bonchev–Trinajstić information content (AvgIpc) is 3.16. The van der Waals surface area contributed by atoms with Gasteiger partial charge in [0, 0.05) is 24.0 Å². The summed E-state index contributed by atoms with van der Waals surface area (Å²) in [6, 6.07) is 19.1. The predicted molar refractivity (Wildman–Crippen MR) is 204 cm³/mol. The zero-order chi connectivity index (χ0) is 41.7. The molecule has 0 saturated heterocycles. The molecular formula is C34H32N10O11S2. The van der Waals surface area contributed by atoms with E-state index in [1.807, 2.05) is 19.9 Å². The molecule has 1 aromatic heterocycles. The van der Waals surface area contributed by atoms with E-state index in [-0.39, 0.29) is 39.3 Å². The molecule has 4 aromatic carbocycles. The lowest BCUT2D eigenvalue weighted by atomic mass is 10.1. The van der Waals surface area contributed by atoms with Crippen LogP contribution in [0.15, 0.2) is 104 Å². The Morgan fingerprint density at radius 3 is 1.81 bits per heavy atom. The van der Waals surface area contributed by atoms with E-state index in [2.05, 4.69) is 51.4 Å². The van der Waals surface area contributed by atoms with Gasteiger partial charge in [0.1, 0.15) is 11.4 Å². The van der Waals surface area contributed by atoms with Crippen molar-refractivity contribution in [3.8, 4) is 5.75 Å². The number of rotatable bonds is 15. The first-order valence-electron chi connectivity index (χ1n) is 16.2. The fraction of sp³-hybridized carbons (Fsp3) is 0.147. The van der Waals surface area contributed by atoms with E-state index >= 15 is 0 Å². The number of anilines is 5. The molecule has 5 aromatic rings. The van der Waals surface area contributed by atoms with Gasteiger partial charge in [0.15, 0.2) is 0 Å². The van der Waals surface area contributed by atoms with Crippen LogP contribution in [0.1, 0.15) is 40.1 Å². The summed E-state index contributed by atoms with van der Waals surface area (Å²) in [5.41, 5.74) is 2.62. The van der Waals surface area contributed by atoms with Crippen molar-refractivity contribution in [1.82, 2.24) is 15.0 Å². The molecule has 0 fully saturated rings. The first-order chi connectivity index (χ1) is 27.1. The molecule has 0 spiro atoms. The van der Waals surface area contributed by atoms with Crippen LogP contribution >= 0.6 is 0 Å². The number of aryl methyl sites for hydroxylation is 1. The van der Waals surface area contributed by atoms with Crippen molar-refractivity contribution < 1.29 is 50.1 Å². The molecule has 0 radical (unpaired) electrons. The SMILES string of the molecule is CCNc1nc(Nc2ccc(N=Nc3cc(C(=O)O)cc(C(=O)O)c3)c(CC)c2)nc(Nc2ccc(N=Nc3cccc(S(=O)(=O)O)c3)c(OC)c2)n1.O=S(=O)=O. The number of hydrogen-bond acceptors (Lipinski definition) is 18. The average molecular weight is 821 g/mol. The summed E-state index contributed by atoms with van der Waals surface area (Å²) in [4.78, 5) is 36.0. The number of benzene rings is 4. The van der Waals surface area contributed by atoms with Gasteiger partial charge in [-0.2, -0.15) is 38.7 Å². The molecule has 296 valence electrons. The highest BCUT2D eigenvalue weighted by atomic mass is 32.2. The minimum atomic E-state index is -4.40. The van der Waals surface area contributed by atoms with Gasteiger partial charge in [-0.3, -0.25) is 4.55 Å². The third kappa shape index (κ3) is 12.7. The first kappa shape index (κ1) is 42.5. The molecule has 0 saturated carbocycles. The van der Waals surface area contributed by atoms with Gasteiger partial charge in [-0.15, -0.1) is 17.7 Å². The minimum absolute atomic E-state index is 0.0772. The summed E-state index contributed by atoms with van der Waals surface area (Å²) in [6.07, 6.45) is 0.556. The van der Waals surface area contributed by atoms with Crippen molar-refractivity contribution in [2.24, 2.45) is 20.5 Å². The normalized spacial score (nSPS) is 11.1. The number of aromatic nitrogens is 3. The third-order valence-corrected chi connectivity index (χ3v) is 8.05. The number of ether oxygens (including phenoxy) is 1. The van der Waals surface area contributed by atoms with Gasteiger partial charge in [-0.1, -0.05) is 13.0 Å². The first-order valence-corrected chi connectivity index (χ1v) is 18.7. The maximum Gasteiger partial charge on any atom is 0.425 e. The quantitative estimate of drug-likeness (QED) is 0.0465. The second kappa shape index (κ2) is 19.4. The molecule has 21 nitrogen and oxygen atoms in total. The van der Waals surface area contributed by atoms with Gasteiger partial charge in [-0.25, -0.2) is 9.59 Å². The molecule has 6 N–H and O–H groups in total. The van der Waals surface area contributed by atoms with Crippen molar-refractivity contribution in [2.45, 2.75) is 25.2 Å². The molecular weight excluding hydrogens is 789 g/mol. The molecule has 0 unspecified atom stereocenters. The lowest BCUT2D eigenvalue weighted by Crippen LogP contribution is -2.09. The lowest BCUT2D eigenvalue weighted by molar-refractivity contribution is 0.0696. The van der Waals surface area contributed by atoms with E-state index in [1.165, 1.54) is 43.5 Å². The van der Waals surface area contributed by atoms with E-state index in [4.69, 9.17) is 17.4 Å². The van der Waals surface area contributed by atoms with Crippen LogP contribution in [0.5, 0.6) is 5.75 Å². The summed E-state index contributed by atoms with van der Waals surface area (Å²) in [6.45, 7) is 4.34. The molecule has 23 heteroatoms. The fourth-order valence-corrected chi connectivity index (χ4v) is 5.23. The zero-order valence-electron chi connectivity index (χ0n) is 30.0. The number of carboxylic acid groups (broad SMARTS) is 2. The van der Waals surface area contributed by atoms with Crippen LogP contribution in [0, 0.1) is 0 Å². The van der Waals surface area contributed by atoms with Gasteiger partial charge in [-0.05, 0) is 85.6 Å². The summed E-state index contributed by atoms with van der Waals surface area (Å²) in [5, 5.41) is 44.7. The van der Waals surface area contributed by atoms with E-state index in [9.17, 15) is 32.8 Å². The molecule has 0 aliphatic carbocycles. The van der Waals surface area contributed by atoms with Crippen LogP contribution in [0.2, 0.25) is 0 Å². The number of methoxy groups -OCH3 is 1. The van der Waals surface area contributed by atoms with Crippen LogP contribution in [0.25, 0.3) is 0 Å². The predicted octanol–water partition coefficient (Wildman–Crippen LogP) is 6.83. The number of carboxylic acids is 2. The number of azo groups is 2. The molecule has 0 atom stereocenters. The highest BCUT2D eigenvalue weighted by molar-refractivity contribution is 7.85. The molecule has 1 heterocycles. The molecule has 0 bridgehead atoms. The molecule has 0 aliphatic rings. The van der Waals surface area contributed by atoms with Gasteiger partial charge in [0.2, 0.25) is 17.8 Å². The summed E-state index contributed by atoms with van der Waals surface area (Å²) in [5.74, 6) is -1.53. The Balaban J connectivity index is 0.00000172. The van der Waals surface area contributed by atoms with Crippen molar-refractivity contribution in [3.63, 3.8) is 0 Å². The van der Waals surface area contributed by atoms with E-state index < -0.39 is 32.7 Å². The number of aromatic carboxylic acids is 2. The van der Waals surface area contributed by atoms with E-state index in [0.29, 0.717) is 47.4 Å². The molecule has 0 aliphatic heterocycles. The van der Waals surface area contributed by atoms with Crippen LogP contribution in [0.3, 0.4) is 0 Å². The van der Waals surface area contributed by atoms with Crippen molar-refractivity contribution >= 4 is 84.6 Å². The monoisotopic (exact) mass is 820 g/mol. The summed E-state index contributed by atoms with van der Waals surface area (Å²) < 4.78 is 63.1. The topological polar surface area (TPSA) is 314 Å². The molecule has 5 rings (SSSR count). The minimum Gasteiger partial charge on any atom is -0.494 e. The number of hydrogen-bond donors (Lipinski definition) is 6. The third-order valence-electron chi connectivity index (χ3n) is 7.20. The fourth-order valence-electron chi connectivity index (χ4n) is 4.71. The standard InChI is InChI=1S/C34H32N10O8S.O3S/c1-4-19-14-22(9-11-27(19)43-42-25-15-20(30(45)46)13-21(16-25)31(47)48)36-33-38-32(35-5-2)39-34(40-33)37-23-10-12-28(29(18-23)52-3)44-41-24-7-6-8-26(17-24)53(49,50)51;1-4(2)3/h6-18H,4-5H2,1-3H3,(H,45,46)(H,47,48)(H,49,50,51)(H3,35,36,37,38,39,40);. The highest BCUT2D eigenvalue weighted by Crippen LogP contribution is 2.34. The van der Waals surface area contributed by atoms with Crippen molar-refractivity contribution in [1.29, 1.82) is 0 Å². The Hall–Kier alpha value is -7.24. The van der Waals surface area contributed by atoms with Crippen LogP contribution < -0.4 is 20.7 Å². The van der Waals surface area contributed by atoms with Crippen LogP contribution in [-0.4, -0.2) is 76.4 Å². The Morgan fingerprint density at radius 1 is 0.719 bits per heavy atom. The van der Waals surface area contributed by atoms with Gasteiger partial charge in [0.25, 0.3) is 10.1 Å². The maximum absolute atomic E-state index is 11.5. The van der Waals surface area contributed by atoms with Crippen molar-refractivity contribution in [3.05, 3.63) is 95.6 Å². The Labute approximate surface area is 325 Å². The maximum atomic E-state index is 11.5.